The third-order valence-corrected chi connectivity index (χ3v) is 3.63. The van der Waals surface area contributed by atoms with Crippen molar-refractivity contribution in [3.8, 4) is 0 Å². The molecule has 1 aromatic carbocycles. The van der Waals surface area contributed by atoms with Gasteiger partial charge in [0.2, 0.25) is 0 Å². The predicted molar refractivity (Wildman–Crippen MR) is 80.1 cm³/mol. The molecule has 0 atom stereocenters. The molecule has 1 aromatic heterocycles. The monoisotopic (exact) mass is 274 g/mol. The van der Waals surface area contributed by atoms with E-state index in [4.69, 9.17) is 10.1 Å². The number of nitrogens with zero attached hydrogens (tertiary/aromatic N) is 2. The zero-order valence-electron chi connectivity index (χ0n) is 12.4. The van der Waals surface area contributed by atoms with Gasteiger partial charge in [-0.15, -0.1) is 0 Å². The van der Waals surface area contributed by atoms with E-state index in [2.05, 4.69) is 43.5 Å². The maximum atomic E-state index is 10.6. The Balaban J connectivity index is 2.32. The van der Waals surface area contributed by atoms with Crippen molar-refractivity contribution in [1.29, 1.82) is 0 Å². The second-order valence-electron chi connectivity index (χ2n) is 5.42. The van der Waals surface area contributed by atoms with Crippen LogP contribution in [0.5, 0.6) is 0 Å². The number of carboxylic acids is 1. The van der Waals surface area contributed by atoms with Gasteiger partial charge in [-0.2, -0.15) is 0 Å². The number of aromatic nitrogens is 2. The van der Waals surface area contributed by atoms with E-state index in [9.17, 15) is 4.79 Å². The Hall–Kier alpha value is -1.84. The highest BCUT2D eigenvalue weighted by molar-refractivity contribution is 5.77. The number of fused-ring (bicyclic) bond motifs is 1. The van der Waals surface area contributed by atoms with Crippen LogP contribution in [0, 0.1) is 0 Å². The number of imidazole rings is 1. The topological polar surface area (TPSA) is 55.1 Å². The van der Waals surface area contributed by atoms with E-state index < -0.39 is 5.97 Å². The Bertz CT molecular complexity index is 614. The lowest BCUT2D eigenvalue weighted by Crippen LogP contribution is -2.03. The van der Waals surface area contributed by atoms with Gasteiger partial charge in [-0.1, -0.05) is 19.9 Å². The summed E-state index contributed by atoms with van der Waals surface area (Å²) in [6, 6.07) is 6.43. The average molecular weight is 274 g/mol. The first kappa shape index (κ1) is 14.6. The van der Waals surface area contributed by atoms with Crippen molar-refractivity contribution in [1.82, 2.24) is 9.55 Å². The lowest BCUT2D eigenvalue weighted by molar-refractivity contribution is -0.137. The van der Waals surface area contributed by atoms with Crippen LogP contribution in [-0.2, 0) is 17.8 Å². The van der Waals surface area contributed by atoms with Crippen molar-refractivity contribution in [2.45, 2.75) is 52.5 Å². The molecule has 1 heterocycles. The van der Waals surface area contributed by atoms with E-state index >= 15 is 0 Å². The van der Waals surface area contributed by atoms with E-state index in [1.165, 1.54) is 5.56 Å². The first-order valence-corrected chi connectivity index (χ1v) is 7.23. The molecule has 0 aliphatic carbocycles. The lowest BCUT2D eigenvalue weighted by atomic mass is 10.0. The molecule has 0 saturated heterocycles. The van der Waals surface area contributed by atoms with Crippen LogP contribution in [-0.4, -0.2) is 20.6 Å². The lowest BCUT2D eigenvalue weighted by Gasteiger charge is -2.07. The standard InChI is InChI=1S/C16H22N2O2/c1-4-18-14-9-8-12(11(2)3)10-13(14)17-15(18)6-5-7-16(19)20/h8-11H,4-7H2,1-3H3,(H,19,20). The number of aliphatic carboxylic acids is 1. The summed E-state index contributed by atoms with van der Waals surface area (Å²) >= 11 is 0. The first-order valence-electron chi connectivity index (χ1n) is 7.23. The molecular weight excluding hydrogens is 252 g/mol. The molecule has 0 saturated carbocycles. The third kappa shape index (κ3) is 3.00. The molecule has 0 amide bonds. The molecule has 0 bridgehead atoms. The highest BCUT2D eigenvalue weighted by Crippen LogP contribution is 2.23. The van der Waals surface area contributed by atoms with Crippen molar-refractivity contribution in [3.63, 3.8) is 0 Å². The summed E-state index contributed by atoms with van der Waals surface area (Å²) in [5, 5.41) is 8.73. The minimum absolute atomic E-state index is 0.199. The fourth-order valence-corrected chi connectivity index (χ4v) is 2.50. The summed E-state index contributed by atoms with van der Waals surface area (Å²) < 4.78 is 2.18. The molecule has 4 nitrogen and oxygen atoms in total. The van der Waals surface area contributed by atoms with Gasteiger partial charge in [0.15, 0.2) is 0 Å². The zero-order valence-corrected chi connectivity index (χ0v) is 12.4. The fraction of sp³-hybridized carbons (Fsp3) is 0.500. The SMILES string of the molecule is CCn1c(CCCC(=O)O)nc2cc(C(C)C)ccc21. The number of hydrogen-bond donors (Lipinski definition) is 1. The number of carboxylic acid groups (broad SMARTS) is 1. The van der Waals surface area contributed by atoms with Crippen LogP contribution in [0.1, 0.15) is 50.9 Å². The fourth-order valence-electron chi connectivity index (χ4n) is 2.50. The minimum atomic E-state index is -0.744. The number of carbonyl (C=O) groups is 1. The number of rotatable bonds is 6. The van der Waals surface area contributed by atoms with Crippen LogP contribution < -0.4 is 0 Å². The Morgan fingerprint density at radius 3 is 2.75 bits per heavy atom. The smallest absolute Gasteiger partial charge is 0.303 e. The van der Waals surface area contributed by atoms with Gasteiger partial charge in [-0.05, 0) is 37.0 Å². The quantitative estimate of drug-likeness (QED) is 0.875. The minimum Gasteiger partial charge on any atom is -0.481 e. The summed E-state index contributed by atoms with van der Waals surface area (Å²) in [5.41, 5.74) is 3.45. The van der Waals surface area contributed by atoms with E-state index in [1.807, 2.05) is 0 Å². The molecule has 0 aliphatic heterocycles. The van der Waals surface area contributed by atoms with E-state index in [0.29, 0.717) is 18.8 Å². The third-order valence-electron chi connectivity index (χ3n) is 3.63. The molecule has 4 heteroatoms. The maximum Gasteiger partial charge on any atom is 0.303 e. The average Bonchev–Trinajstić information content (AvgIpc) is 2.74. The maximum absolute atomic E-state index is 10.6. The van der Waals surface area contributed by atoms with E-state index in [-0.39, 0.29) is 6.42 Å². The summed E-state index contributed by atoms with van der Waals surface area (Å²) in [5.74, 6) is 0.734. The molecule has 1 N–H and O–H groups in total. The molecule has 108 valence electrons. The van der Waals surface area contributed by atoms with Gasteiger partial charge in [-0.3, -0.25) is 4.79 Å². The van der Waals surface area contributed by atoms with Crippen LogP contribution in [0.3, 0.4) is 0 Å². The Labute approximate surface area is 119 Å². The second-order valence-corrected chi connectivity index (χ2v) is 5.42. The molecule has 0 unspecified atom stereocenters. The van der Waals surface area contributed by atoms with E-state index in [1.54, 1.807) is 0 Å². The predicted octanol–water partition coefficient (Wildman–Crippen LogP) is 3.59. The molecule has 2 aromatic rings. The molecular formula is C16H22N2O2. The molecule has 20 heavy (non-hydrogen) atoms. The van der Waals surface area contributed by atoms with Crippen LogP contribution >= 0.6 is 0 Å². The molecule has 0 fully saturated rings. The molecule has 0 spiro atoms. The van der Waals surface area contributed by atoms with Crippen LogP contribution in [0.4, 0.5) is 0 Å². The molecule has 2 rings (SSSR count). The normalized spacial score (nSPS) is 11.4. The van der Waals surface area contributed by atoms with Gasteiger partial charge in [-0.25, -0.2) is 4.98 Å². The number of aryl methyl sites for hydroxylation is 2. The molecule has 0 aliphatic rings. The highest BCUT2D eigenvalue weighted by atomic mass is 16.4. The van der Waals surface area contributed by atoms with Crippen LogP contribution in [0.15, 0.2) is 18.2 Å². The molecule has 0 radical (unpaired) electrons. The Kier molecular flexibility index (Phi) is 4.42. The van der Waals surface area contributed by atoms with Gasteiger partial charge < -0.3 is 9.67 Å². The number of hydrogen-bond acceptors (Lipinski definition) is 2. The van der Waals surface area contributed by atoms with Crippen LogP contribution in [0.2, 0.25) is 0 Å². The summed E-state index contributed by atoms with van der Waals surface area (Å²) in [6.07, 6.45) is 1.55. The van der Waals surface area contributed by atoms with Crippen LogP contribution in [0.25, 0.3) is 11.0 Å². The van der Waals surface area contributed by atoms with Gasteiger partial charge in [0.25, 0.3) is 0 Å². The van der Waals surface area contributed by atoms with E-state index in [0.717, 1.165) is 23.4 Å². The van der Waals surface area contributed by atoms with Gasteiger partial charge in [0.05, 0.1) is 11.0 Å². The summed E-state index contributed by atoms with van der Waals surface area (Å²) in [7, 11) is 0. The second kappa shape index (κ2) is 6.07. The summed E-state index contributed by atoms with van der Waals surface area (Å²) in [4.78, 5) is 15.3. The Morgan fingerprint density at radius 2 is 2.15 bits per heavy atom. The van der Waals surface area contributed by atoms with Crippen molar-refractivity contribution >= 4 is 17.0 Å². The highest BCUT2D eigenvalue weighted by Gasteiger charge is 2.11. The van der Waals surface area contributed by atoms with Crippen molar-refractivity contribution in [2.75, 3.05) is 0 Å². The zero-order chi connectivity index (χ0) is 14.7. The van der Waals surface area contributed by atoms with Crippen molar-refractivity contribution in [2.24, 2.45) is 0 Å². The largest absolute Gasteiger partial charge is 0.481 e. The van der Waals surface area contributed by atoms with Crippen molar-refractivity contribution in [3.05, 3.63) is 29.6 Å². The summed E-state index contributed by atoms with van der Waals surface area (Å²) in [6.45, 7) is 7.30. The van der Waals surface area contributed by atoms with Crippen molar-refractivity contribution < 1.29 is 9.90 Å². The number of benzene rings is 1. The van der Waals surface area contributed by atoms with Gasteiger partial charge in [0.1, 0.15) is 5.82 Å². The van der Waals surface area contributed by atoms with Gasteiger partial charge in [0, 0.05) is 19.4 Å². The Morgan fingerprint density at radius 1 is 1.40 bits per heavy atom. The van der Waals surface area contributed by atoms with Gasteiger partial charge >= 0.3 is 5.97 Å². The first-order chi connectivity index (χ1) is 9.52.